The van der Waals surface area contributed by atoms with E-state index >= 15 is 0 Å². The molecule has 7 heteroatoms. The van der Waals surface area contributed by atoms with Gasteiger partial charge in [-0.2, -0.15) is 0 Å². The van der Waals surface area contributed by atoms with E-state index in [1.165, 1.54) is 22.3 Å². The zero-order valence-electron chi connectivity index (χ0n) is 28.2. The number of ether oxygens (including phenoxy) is 3. The summed E-state index contributed by atoms with van der Waals surface area (Å²) in [7, 11) is 0. The highest BCUT2D eigenvalue weighted by Crippen LogP contribution is 2.48. The molecule has 0 spiro atoms. The minimum atomic E-state index is -0.0158. The molecule has 1 aliphatic carbocycles. The number of nitrogens with zero attached hydrogens (tertiary/aromatic N) is 3. The number of benzene rings is 7. The first-order valence-corrected chi connectivity index (χ1v) is 17.8. The maximum absolute atomic E-state index is 6.68. The lowest BCUT2D eigenvalue weighted by Gasteiger charge is -2.37. The van der Waals surface area contributed by atoms with Crippen LogP contribution in [0.5, 0.6) is 34.5 Å². The summed E-state index contributed by atoms with van der Waals surface area (Å²) in [4.78, 5) is 15.1. The molecule has 0 radical (unpaired) electrons. The number of hydrogen-bond donors (Lipinski definition) is 0. The molecular formula is C46H26BN3O3. The molecule has 7 aromatic carbocycles. The Hall–Kier alpha value is -6.99. The van der Waals surface area contributed by atoms with E-state index in [0.717, 1.165) is 85.1 Å². The fourth-order valence-corrected chi connectivity index (χ4v) is 8.62. The van der Waals surface area contributed by atoms with Gasteiger partial charge < -0.3 is 14.2 Å². The second-order valence-electron chi connectivity index (χ2n) is 13.8. The summed E-state index contributed by atoms with van der Waals surface area (Å²) in [6, 6.07) is 49.8. The minimum Gasteiger partial charge on any atom is -0.458 e. The molecule has 0 unspecified atom stereocenters. The Morgan fingerprint density at radius 3 is 1.32 bits per heavy atom. The quantitative estimate of drug-likeness (QED) is 0.173. The van der Waals surface area contributed by atoms with Gasteiger partial charge in [0.15, 0.2) is 17.5 Å². The number of hydrogen-bond acceptors (Lipinski definition) is 6. The highest BCUT2D eigenvalue weighted by molar-refractivity contribution is 6.99. The summed E-state index contributed by atoms with van der Waals surface area (Å²) in [6.45, 7) is -0.0158. The summed E-state index contributed by atoms with van der Waals surface area (Å²) >= 11 is 0. The van der Waals surface area contributed by atoms with E-state index in [1.807, 2.05) is 97.1 Å². The molecule has 8 aromatic rings. The van der Waals surface area contributed by atoms with Gasteiger partial charge in [0.1, 0.15) is 34.5 Å². The molecule has 0 saturated carbocycles. The molecular weight excluding hydrogens is 653 g/mol. The van der Waals surface area contributed by atoms with Crippen molar-refractivity contribution in [3.05, 3.63) is 157 Å². The monoisotopic (exact) mass is 679 g/mol. The van der Waals surface area contributed by atoms with E-state index in [-0.39, 0.29) is 6.71 Å². The van der Waals surface area contributed by atoms with Crippen LogP contribution in [0.1, 0.15) is 11.1 Å². The zero-order valence-corrected chi connectivity index (χ0v) is 28.2. The molecule has 0 saturated heterocycles. The van der Waals surface area contributed by atoms with E-state index in [4.69, 9.17) is 29.2 Å². The number of aromatic nitrogens is 3. The predicted octanol–water partition coefficient (Wildman–Crippen LogP) is 8.94. The first kappa shape index (κ1) is 28.7. The fraction of sp³-hybridized carbons (Fsp3) is 0.0217. The molecule has 53 heavy (non-hydrogen) atoms. The molecule has 12 rings (SSSR count). The van der Waals surface area contributed by atoms with E-state index in [0.29, 0.717) is 17.5 Å². The van der Waals surface area contributed by atoms with Gasteiger partial charge in [0.2, 0.25) is 0 Å². The molecule has 0 N–H and O–H groups in total. The van der Waals surface area contributed by atoms with E-state index < -0.39 is 0 Å². The van der Waals surface area contributed by atoms with Gasteiger partial charge in [-0.3, -0.25) is 0 Å². The first-order valence-electron chi connectivity index (χ1n) is 17.8. The standard InChI is InChI=1S/C46H26BN3O3/c1-3-11-26(12-4-1)44-48-45(27-13-5-2-6-14-27)50-46(49-44)32-18-8-17-31-30-16-7-15-29(33(30)25-34(31)32)28-23-39-43-40(24-28)53-38-22-10-20-36-42(38)47(43)41-35(51-36)19-9-21-37(41)52-39/h1-24H,25H2. The average molecular weight is 680 g/mol. The normalized spacial score (nSPS) is 13.2. The first-order chi connectivity index (χ1) is 26.2. The maximum Gasteiger partial charge on any atom is 0.270 e. The molecule has 246 valence electrons. The highest BCUT2D eigenvalue weighted by Gasteiger charge is 2.46. The smallest absolute Gasteiger partial charge is 0.270 e. The second kappa shape index (κ2) is 10.8. The van der Waals surface area contributed by atoms with Crippen LogP contribution in [-0.4, -0.2) is 21.7 Å². The Kier molecular flexibility index (Phi) is 5.82. The molecule has 0 bridgehead atoms. The number of fused-ring (bicyclic) bond motifs is 3. The van der Waals surface area contributed by atoms with E-state index in [1.54, 1.807) is 0 Å². The van der Waals surface area contributed by atoms with Gasteiger partial charge in [-0.1, -0.05) is 109 Å². The summed E-state index contributed by atoms with van der Waals surface area (Å²) in [5.41, 5.74) is 13.1. The summed E-state index contributed by atoms with van der Waals surface area (Å²) < 4.78 is 19.7. The Morgan fingerprint density at radius 1 is 0.358 bits per heavy atom. The van der Waals surface area contributed by atoms with Crippen molar-refractivity contribution in [2.75, 3.05) is 0 Å². The van der Waals surface area contributed by atoms with Crippen molar-refractivity contribution in [2.45, 2.75) is 6.42 Å². The van der Waals surface area contributed by atoms with Crippen LogP contribution >= 0.6 is 0 Å². The van der Waals surface area contributed by atoms with Crippen molar-refractivity contribution >= 4 is 23.1 Å². The highest BCUT2D eigenvalue weighted by atomic mass is 16.5. The lowest BCUT2D eigenvalue weighted by Crippen LogP contribution is -2.59. The van der Waals surface area contributed by atoms with Crippen molar-refractivity contribution in [3.8, 4) is 90.9 Å². The third-order valence-corrected chi connectivity index (χ3v) is 10.9. The molecule has 4 aliphatic rings. The van der Waals surface area contributed by atoms with Crippen molar-refractivity contribution in [1.29, 1.82) is 0 Å². The summed E-state index contributed by atoms with van der Waals surface area (Å²) in [5, 5.41) is 0. The van der Waals surface area contributed by atoms with Gasteiger partial charge >= 0.3 is 0 Å². The third-order valence-electron chi connectivity index (χ3n) is 10.9. The van der Waals surface area contributed by atoms with Gasteiger partial charge in [-0.25, -0.2) is 15.0 Å². The third kappa shape index (κ3) is 4.19. The van der Waals surface area contributed by atoms with Gasteiger partial charge in [-0.05, 0) is 69.8 Å². The molecule has 0 fully saturated rings. The molecule has 0 atom stereocenters. The topological polar surface area (TPSA) is 66.4 Å². The van der Waals surface area contributed by atoms with E-state index in [2.05, 4.69) is 48.5 Å². The van der Waals surface area contributed by atoms with Crippen LogP contribution in [0.15, 0.2) is 146 Å². The SMILES string of the molecule is c1ccc(-c2nc(-c3ccccc3)nc(-c3cccc4c3Cc3c(-c5cc6c7c(c5)Oc5cccc8c5B7c5c(cccc5O6)O8)cccc3-4)n2)cc1. The van der Waals surface area contributed by atoms with Crippen LogP contribution in [0, 0.1) is 0 Å². The molecule has 0 amide bonds. The summed E-state index contributed by atoms with van der Waals surface area (Å²) in [5.74, 6) is 6.91. The van der Waals surface area contributed by atoms with Gasteiger partial charge in [0.25, 0.3) is 6.71 Å². The van der Waals surface area contributed by atoms with Crippen molar-refractivity contribution < 1.29 is 14.2 Å². The van der Waals surface area contributed by atoms with Gasteiger partial charge in [0.05, 0.1) is 0 Å². The fourth-order valence-electron chi connectivity index (χ4n) is 8.62. The Morgan fingerprint density at radius 2 is 0.774 bits per heavy atom. The molecule has 1 aromatic heterocycles. The van der Waals surface area contributed by atoms with Crippen LogP contribution < -0.4 is 30.6 Å². The second-order valence-corrected chi connectivity index (χ2v) is 13.8. The van der Waals surface area contributed by atoms with Crippen molar-refractivity contribution in [2.24, 2.45) is 0 Å². The van der Waals surface area contributed by atoms with Crippen LogP contribution in [-0.2, 0) is 6.42 Å². The minimum absolute atomic E-state index is 0.0158. The lowest BCUT2D eigenvalue weighted by molar-refractivity contribution is 0.443. The lowest BCUT2D eigenvalue weighted by atomic mass is 9.34. The Labute approximate surface area is 305 Å². The summed E-state index contributed by atoms with van der Waals surface area (Å²) in [6.07, 6.45) is 0.733. The molecule has 6 nitrogen and oxygen atoms in total. The Balaban J connectivity index is 0.994. The van der Waals surface area contributed by atoms with Gasteiger partial charge in [-0.15, -0.1) is 0 Å². The van der Waals surface area contributed by atoms with Crippen LogP contribution in [0.2, 0.25) is 0 Å². The number of rotatable bonds is 4. The van der Waals surface area contributed by atoms with Crippen molar-refractivity contribution in [1.82, 2.24) is 15.0 Å². The largest absolute Gasteiger partial charge is 0.458 e. The van der Waals surface area contributed by atoms with E-state index in [9.17, 15) is 0 Å². The zero-order chi connectivity index (χ0) is 34.6. The molecule has 4 heterocycles. The van der Waals surface area contributed by atoms with Gasteiger partial charge in [0, 0.05) is 39.5 Å². The van der Waals surface area contributed by atoms with Crippen molar-refractivity contribution in [3.63, 3.8) is 0 Å². The van der Waals surface area contributed by atoms with Crippen LogP contribution in [0.4, 0.5) is 0 Å². The molecule has 3 aliphatic heterocycles. The average Bonchev–Trinajstić information content (AvgIpc) is 3.60. The van der Waals surface area contributed by atoms with Crippen LogP contribution in [0.25, 0.3) is 56.4 Å². The Bertz CT molecular complexity index is 2720. The predicted molar refractivity (Wildman–Crippen MR) is 208 cm³/mol. The maximum atomic E-state index is 6.68. The van der Waals surface area contributed by atoms with Crippen LogP contribution in [0.3, 0.4) is 0 Å².